The Bertz CT molecular complexity index is 1500. The lowest BCUT2D eigenvalue weighted by molar-refractivity contribution is -0.142. The van der Waals surface area contributed by atoms with E-state index in [1.165, 1.54) is 9.80 Å². The van der Waals surface area contributed by atoms with Crippen LogP contribution in [0, 0.1) is 11.8 Å². The summed E-state index contributed by atoms with van der Waals surface area (Å²) in [6, 6.07) is 20.0. The Hall–Kier alpha value is -3.69. The molecule has 3 aromatic rings. The van der Waals surface area contributed by atoms with Gasteiger partial charge in [0.25, 0.3) is 5.91 Å². The van der Waals surface area contributed by atoms with Crippen molar-refractivity contribution < 1.29 is 23.9 Å². The number of nitrogens with one attached hydrogen (secondary N) is 1. The maximum absolute atomic E-state index is 14.4. The number of thioether (sulfide) groups is 1. The van der Waals surface area contributed by atoms with E-state index in [1.807, 2.05) is 54.8 Å². The average Bonchev–Trinajstić information content (AvgIpc) is 3.51. The highest BCUT2D eigenvalue weighted by Crippen LogP contribution is 2.55. The smallest absolute Gasteiger partial charge is 0.326 e. The van der Waals surface area contributed by atoms with Crippen molar-refractivity contribution in [1.29, 1.82) is 0 Å². The Morgan fingerprint density at radius 1 is 0.974 bits per heavy atom. The summed E-state index contributed by atoms with van der Waals surface area (Å²) in [5, 5.41) is 5.21. The molecule has 2 fully saturated rings. The van der Waals surface area contributed by atoms with Crippen molar-refractivity contribution in [2.45, 2.75) is 24.9 Å². The fraction of sp³-hybridized carbons (Fsp3) is 0.333. The molecule has 2 saturated heterocycles. The molecule has 1 spiro atoms. The zero-order valence-electron chi connectivity index (χ0n) is 21.8. The van der Waals surface area contributed by atoms with E-state index in [4.69, 9.17) is 4.74 Å². The van der Waals surface area contributed by atoms with Crippen LogP contribution in [-0.4, -0.2) is 54.9 Å². The maximum Gasteiger partial charge on any atom is 0.326 e. The van der Waals surface area contributed by atoms with Gasteiger partial charge in [-0.2, -0.15) is 11.8 Å². The Balaban J connectivity index is 1.50. The van der Waals surface area contributed by atoms with Crippen LogP contribution in [0.3, 0.4) is 0 Å². The third-order valence-electron chi connectivity index (χ3n) is 8.10. The maximum atomic E-state index is 14.4. The monoisotopic (exact) mass is 543 g/mol. The van der Waals surface area contributed by atoms with Gasteiger partial charge >= 0.3 is 5.97 Å². The van der Waals surface area contributed by atoms with Crippen molar-refractivity contribution in [3.05, 3.63) is 72.3 Å². The lowest BCUT2D eigenvalue weighted by Gasteiger charge is -2.30. The fourth-order valence-corrected chi connectivity index (χ4v) is 7.06. The van der Waals surface area contributed by atoms with E-state index in [2.05, 4.69) is 5.32 Å². The van der Waals surface area contributed by atoms with Gasteiger partial charge in [-0.25, -0.2) is 4.90 Å². The summed E-state index contributed by atoms with van der Waals surface area (Å²) < 4.78 is 5.15. The van der Waals surface area contributed by atoms with Gasteiger partial charge in [-0.05, 0) is 42.9 Å². The minimum Gasteiger partial charge on any atom is -0.465 e. The third kappa shape index (κ3) is 3.71. The number of benzene rings is 3. The first-order valence-electron chi connectivity index (χ1n) is 13.1. The number of hydrogen-bond donors (Lipinski definition) is 1. The van der Waals surface area contributed by atoms with E-state index in [9.17, 15) is 19.2 Å². The fourth-order valence-electron chi connectivity index (χ4n) is 6.57. The first kappa shape index (κ1) is 25.6. The van der Waals surface area contributed by atoms with Crippen LogP contribution in [0.4, 0.5) is 11.4 Å². The van der Waals surface area contributed by atoms with Crippen LogP contribution in [0.1, 0.15) is 18.9 Å². The number of imide groups is 1. The second-order valence-electron chi connectivity index (χ2n) is 10.1. The highest BCUT2D eigenvalue weighted by molar-refractivity contribution is 7.98. The Morgan fingerprint density at radius 3 is 2.49 bits per heavy atom. The van der Waals surface area contributed by atoms with Gasteiger partial charge in [-0.15, -0.1) is 0 Å². The molecule has 0 unspecified atom stereocenters. The lowest BCUT2D eigenvalue weighted by atomic mass is 9.76. The molecule has 0 aliphatic carbocycles. The zero-order valence-corrected chi connectivity index (χ0v) is 22.6. The SMILES string of the molecule is CCOC(=O)CN1C(=O)[C@]2(N[C@H](CCSC)[C@H]3C(=O)N(c4cccc5ccccc45)C(=O)[C@H]32)c2ccccc21. The molecule has 200 valence electrons. The molecule has 3 aromatic carbocycles. The number of rotatable bonds is 7. The summed E-state index contributed by atoms with van der Waals surface area (Å²) in [5.41, 5.74) is 0.236. The number of para-hydroxylation sites is 1. The number of fused-ring (bicyclic) bond motifs is 5. The Labute approximate surface area is 230 Å². The summed E-state index contributed by atoms with van der Waals surface area (Å²) in [5.74, 6) is -2.54. The molecule has 39 heavy (non-hydrogen) atoms. The molecule has 3 aliphatic rings. The van der Waals surface area contributed by atoms with Crippen molar-refractivity contribution in [2.24, 2.45) is 11.8 Å². The van der Waals surface area contributed by atoms with Crippen LogP contribution in [0.15, 0.2) is 66.7 Å². The van der Waals surface area contributed by atoms with E-state index < -0.39 is 41.2 Å². The van der Waals surface area contributed by atoms with Gasteiger partial charge < -0.3 is 4.74 Å². The second kappa shape index (κ2) is 9.81. The van der Waals surface area contributed by atoms with Crippen LogP contribution in [0.5, 0.6) is 0 Å². The topological polar surface area (TPSA) is 96.0 Å². The number of carbonyl (C=O) groups excluding carboxylic acids is 4. The van der Waals surface area contributed by atoms with Gasteiger partial charge in [0, 0.05) is 22.7 Å². The summed E-state index contributed by atoms with van der Waals surface area (Å²) in [7, 11) is 0. The molecule has 0 bridgehead atoms. The Morgan fingerprint density at radius 2 is 1.69 bits per heavy atom. The Kier molecular flexibility index (Phi) is 6.43. The van der Waals surface area contributed by atoms with E-state index in [-0.39, 0.29) is 19.1 Å². The first-order valence-corrected chi connectivity index (χ1v) is 14.5. The van der Waals surface area contributed by atoms with Crippen molar-refractivity contribution in [1.82, 2.24) is 5.32 Å². The first-order chi connectivity index (χ1) is 18.9. The molecule has 6 rings (SSSR count). The minimum atomic E-state index is -1.46. The van der Waals surface area contributed by atoms with Crippen LogP contribution >= 0.6 is 11.8 Å². The average molecular weight is 544 g/mol. The number of hydrogen-bond acceptors (Lipinski definition) is 7. The zero-order chi connectivity index (χ0) is 27.3. The van der Waals surface area contributed by atoms with Gasteiger partial charge in [-0.1, -0.05) is 54.6 Å². The number of ether oxygens (including phenoxy) is 1. The van der Waals surface area contributed by atoms with Crippen molar-refractivity contribution in [3.8, 4) is 0 Å². The number of anilines is 2. The minimum absolute atomic E-state index is 0.195. The van der Waals surface area contributed by atoms with E-state index in [0.717, 1.165) is 16.5 Å². The molecule has 0 aromatic heterocycles. The predicted octanol–water partition coefficient (Wildman–Crippen LogP) is 3.48. The largest absolute Gasteiger partial charge is 0.465 e. The van der Waals surface area contributed by atoms with E-state index in [1.54, 1.807) is 36.9 Å². The molecule has 3 heterocycles. The summed E-state index contributed by atoms with van der Waals surface area (Å²) >= 11 is 1.65. The quantitative estimate of drug-likeness (QED) is 0.360. The van der Waals surface area contributed by atoms with Gasteiger partial charge in [0.15, 0.2) is 0 Å². The molecule has 4 atom stereocenters. The third-order valence-corrected chi connectivity index (χ3v) is 8.74. The van der Waals surface area contributed by atoms with Crippen molar-refractivity contribution in [3.63, 3.8) is 0 Å². The number of esters is 1. The van der Waals surface area contributed by atoms with Crippen LogP contribution in [-0.2, 0) is 29.5 Å². The highest BCUT2D eigenvalue weighted by atomic mass is 32.2. The molecule has 9 heteroatoms. The standard InChI is InChI=1S/C30H29N3O5S/c1-3-38-24(34)17-32-23-13-7-6-12-20(23)30(29(32)37)26-25(21(31-30)15-16-39-2)27(35)33(28(26)36)22-14-8-10-18-9-4-5-11-19(18)22/h4-14,21,25-26,31H,3,15-17H2,1-2H3/t21-,25-,26+,30+/m1/s1. The number of nitrogens with zero attached hydrogens (tertiary/aromatic N) is 2. The molecular formula is C30H29N3O5S. The molecule has 1 N–H and O–H groups in total. The van der Waals surface area contributed by atoms with Crippen molar-refractivity contribution in [2.75, 3.05) is 35.0 Å². The van der Waals surface area contributed by atoms with Gasteiger partial charge in [0.1, 0.15) is 12.1 Å². The normalized spacial score (nSPS) is 25.6. The molecule has 3 aliphatic heterocycles. The second-order valence-corrected chi connectivity index (χ2v) is 11.1. The predicted molar refractivity (Wildman–Crippen MR) is 150 cm³/mol. The molecular weight excluding hydrogens is 514 g/mol. The van der Waals surface area contributed by atoms with Gasteiger partial charge in [0.05, 0.1) is 24.1 Å². The summed E-state index contributed by atoms with van der Waals surface area (Å²) in [4.78, 5) is 58.1. The molecule has 0 saturated carbocycles. The summed E-state index contributed by atoms with van der Waals surface area (Å²) in [6.45, 7) is 1.64. The molecule has 8 nitrogen and oxygen atoms in total. The number of carbonyl (C=O) groups is 4. The van der Waals surface area contributed by atoms with E-state index in [0.29, 0.717) is 23.4 Å². The molecule has 0 radical (unpaired) electrons. The highest BCUT2D eigenvalue weighted by Gasteiger charge is 2.71. The van der Waals surface area contributed by atoms with Crippen molar-refractivity contribution >= 4 is 57.6 Å². The van der Waals surface area contributed by atoms with Crippen LogP contribution in [0.25, 0.3) is 10.8 Å². The molecule has 3 amide bonds. The van der Waals surface area contributed by atoms with E-state index >= 15 is 0 Å². The number of amides is 3. The lowest BCUT2D eigenvalue weighted by Crippen LogP contribution is -2.55. The van der Waals surface area contributed by atoms with Crippen LogP contribution in [0.2, 0.25) is 0 Å². The van der Waals surface area contributed by atoms with Crippen LogP contribution < -0.4 is 15.1 Å². The van der Waals surface area contributed by atoms with Gasteiger partial charge in [0.2, 0.25) is 11.8 Å². The summed E-state index contributed by atoms with van der Waals surface area (Å²) in [6.07, 6.45) is 2.60. The van der Waals surface area contributed by atoms with Gasteiger partial charge in [-0.3, -0.25) is 29.4 Å².